The molecule has 2 rings (SSSR count). The monoisotopic (exact) mass is 289 g/mol. The molecule has 3 N–H and O–H groups in total. The maximum Gasteiger partial charge on any atom is 0.257 e. The first-order valence-electron chi connectivity index (χ1n) is 7.13. The number of amides is 1. The summed E-state index contributed by atoms with van der Waals surface area (Å²) in [5.74, 6) is 0.0360. The molecule has 0 bridgehead atoms. The van der Waals surface area contributed by atoms with Gasteiger partial charge in [0.05, 0.1) is 11.7 Å². The molecule has 114 valence electrons. The van der Waals surface area contributed by atoms with E-state index >= 15 is 0 Å². The third kappa shape index (κ3) is 2.76. The highest BCUT2D eigenvalue weighted by molar-refractivity contribution is 6.00. The minimum atomic E-state index is -0.454. The van der Waals surface area contributed by atoms with Crippen LogP contribution in [0.5, 0.6) is 0 Å². The molecule has 2 aromatic rings. The summed E-state index contributed by atoms with van der Waals surface area (Å²) in [6, 6.07) is 1.93. The summed E-state index contributed by atoms with van der Waals surface area (Å²) in [7, 11) is 0. The molecule has 0 aliphatic heterocycles. The summed E-state index contributed by atoms with van der Waals surface area (Å²) in [5.41, 5.74) is 8.22. The molecular weight excluding hydrogens is 266 g/mol. The molecule has 1 unspecified atom stereocenters. The van der Waals surface area contributed by atoms with Gasteiger partial charge in [-0.05, 0) is 32.8 Å². The highest BCUT2D eigenvalue weighted by atomic mass is 16.1. The number of fused-ring (bicyclic) bond motifs is 1. The van der Waals surface area contributed by atoms with Gasteiger partial charge in [-0.15, -0.1) is 0 Å². The molecule has 2 aromatic heterocycles. The quantitative estimate of drug-likeness (QED) is 0.892. The van der Waals surface area contributed by atoms with Gasteiger partial charge in [-0.25, -0.2) is 9.50 Å². The second kappa shape index (κ2) is 5.44. The van der Waals surface area contributed by atoms with E-state index in [-0.39, 0.29) is 11.8 Å². The Morgan fingerprint density at radius 2 is 2.14 bits per heavy atom. The Balaban J connectivity index is 2.41. The van der Waals surface area contributed by atoms with Crippen LogP contribution in [0.15, 0.2) is 12.3 Å². The lowest BCUT2D eigenvalue weighted by Crippen LogP contribution is -2.55. The number of nitrogens with two attached hydrogens (primary N) is 1. The Morgan fingerprint density at radius 1 is 1.48 bits per heavy atom. The van der Waals surface area contributed by atoms with Crippen molar-refractivity contribution in [2.24, 2.45) is 11.7 Å². The average molecular weight is 289 g/mol. The highest BCUT2D eigenvalue weighted by Crippen LogP contribution is 2.17. The number of hydrogen-bond acceptors (Lipinski definition) is 4. The van der Waals surface area contributed by atoms with Gasteiger partial charge in [0.25, 0.3) is 5.91 Å². The molecule has 1 amide bonds. The van der Waals surface area contributed by atoms with Gasteiger partial charge < -0.3 is 11.1 Å². The Hall–Kier alpha value is -1.95. The van der Waals surface area contributed by atoms with E-state index in [0.29, 0.717) is 17.8 Å². The highest BCUT2D eigenvalue weighted by Gasteiger charge is 2.30. The molecule has 2 heterocycles. The van der Waals surface area contributed by atoms with Crippen LogP contribution < -0.4 is 11.1 Å². The number of rotatable bonds is 4. The second-order valence-electron chi connectivity index (χ2n) is 6.06. The SMILES string of the molecule is Cc1cc(C)n2ncc(C(=O)NC(C)(CN)C(C)C)c2n1. The van der Waals surface area contributed by atoms with Gasteiger partial charge in [0, 0.05) is 17.9 Å². The van der Waals surface area contributed by atoms with Gasteiger partial charge in [0.2, 0.25) is 0 Å². The van der Waals surface area contributed by atoms with E-state index in [1.54, 1.807) is 10.7 Å². The number of hydrogen-bond donors (Lipinski definition) is 2. The van der Waals surface area contributed by atoms with Gasteiger partial charge >= 0.3 is 0 Å². The van der Waals surface area contributed by atoms with Crippen molar-refractivity contribution in [2.45, 2.75) is 40.2 Å². The maximum absolute atomic E-state index is 12.6. The summed E-state index contributed by atoms with van der Waals surface area (Å²) in [5, 5.41) is 7.26. The van der Waals surface area contributed by atoms with E-state index in [1.165, 1.54) is 0 Å². The predicted molar refractivity (Wildman–Crippen MR) is 82.2 cm³/mol. The van der Waals surface area contributed by atoms with Crippen LogP contribution in [0.2, 0.25) is 0 Å². The number of carbonyl (C=O) groups excluding carboxylic acids is 1. The van der Waals surface area contributed by atoms with E-state index < -0.39 is 5.54 Å². The Kier molecular flexibility index (Phi) is 4.00. The molecule has 0 aromatic carbocycles. The van der Waals surface area contributed by atoms with Crippen molar-refractivity contribution in [3.63, 3.8) is 0 Å². The van der Waals surface area contributed by atoms with Gasteiger partial charge in [0.15, 0.2) is 5.65 Å². The van der Waals surface area contributed by atoms with E-state index in [1.807, 2.05) is 40.7 Å². The Bertz CT molecular complexity index is 676. The first-order valence-corrected chi connectivity index (χ1v) is 7.13. The number of nitrogens with zero attached hydrogens (tertiary/aromatic N) is 3. The van der Waals surface area contributed by atoms with Gasteiger partial charge in [-0.1, -0.05) is 13.8 Å². The van der Waals surface area contributed by atoms with Crippen molar-refractivity contribution < 1.29 is 4.79 Å². The van der Waals surface area contributed by atoms with Crippen LogP contribution in [-0.4, -0.2) is 32.6 Å². The Morgan fingerprint density at radius 3 is 2.71 bits per heavy atom. The normalized spacial score (nSPS) is 14.4. The lowest BCUT2D eigenvalue weighted by molar-refractivity contribution is 0.0884. The minimum Gasteiger partial charge on any atom is -0.345 e. The number of carbonyl (C=O) groups is 1. The summed E-state index contributed by atoms with van der Waals surface area (Å²) < 4.78 is 1.68. The number of nitrogens with one attached hydrogen (secondary N) is 1. The topological polar surface area (TPSA) is 85.3 Å². The third-order valence-corrected chi connectivity index (χ3v) is 4.12. The van der Waals surface area contributed by atoms with Crippen molar-refractivity contribution in [3.8, 4) is 0 Å². The first kappa shape index (κ1) is 15.4. The molecule has 0 aliphatic rings. The molecule has 0 aliphatic carbocycles. The summed E-state index contributed by atoms with van der Waals surface area (Å²) in [6.45, 7) is 10.2. The summed E-state index contributed by atoms with van der Waals surface area (Å²) in [4.78, 5) is 17.0. The minimum absolute atomic E-state index is 0.191. The van der Waals surface area contributed by atoms with Gasteiger partial charge in [-0.2, -0.15) is 5.10 Å². The molecule has 21 heavy (non-hydrogen) atoms. The molecule has 0 spiro atoms. The Labute approximate surface area is 124 Å². The lowest BCUT2D eigenvalue weighted by Gasteiger charge is -2.33. The number of aromatic nitrogens is 3. The molecule has 6 heteroatoms. The number of aryl methyl sites for hydroxylation is 2. The van der Waals surface area contributed by atoms with E-state index in [4.69, 9.17) is 5.73 Å². The van der Waals surface area contributed by atoms with Crippen molar-refractivity contribution in [3.05, 3.63) is 29.2 Å². The second-order valence-corrected chi connectivity index (χ2v) is 6.06. The molecule has 0 saturated heterocycles. The van der Waals surface area contributed by atoms with Crippen LogP contribution in [0.3, 0.4) is 0 Å². The van der Waals surface area contributed by atoms with Crippen LogP contribution in [0.4, 0.5) is 0 Å². The van der Waals surface area contributed by atoms with E-state index in [9.17, 15) is 4.79 Å². The van der Waals surface area contributed by atoms with E-state index in [0.717, 1.165) is 11.4 Å². The molecule has 6 nitrogen and oxygen atoms in total. The zero-order valence-electron chi connectivity index (χ0n) is 13.3. The van der Waals surface area contributed by atoms with Crippen molar-refractivity contribution in [2.75, 3.05) is 6.54 Å². The van der Waals surface area contributed by atoms with Crippen LogP contribution in [0.1, 0.15) is 42.5 Å². The molecule has 0 radical (unpaired) electrons. The van der Waals surface area contributed by atoms with Crippen molar-refractivity contribution in [1.29, 1.82) is 0 Å². The predicted octanol–water partition coefficient (Wildman–Crippen LogP) is 1.45. The molecule has 0 fully saturated rings. The lowest BCUT2D eigenvalue weighted by atomic mass is 9.88. The van der Waals surface area contributed by atoms with Crippen LogP contribution in [-0.2, 0) is 0 Å². The van der Waals surface area contributed by atoms with Crippen molar-refractivity contribution >= 4 is 11.6 Å². The zero-order chi connectivity index (χ0) is 15.8. The van der Waals surface area contributed by atoms with Crippen LogP contribution >= 0.6 is 0 Å². The maximum atomic E-state index is 12.6. The summed E-state index contributed by atoms with van der Waals surface area (Å²) in [6.07, 6.45) is 1.56. The van der Waals surface area contributed by atoms with Gasteiger partial charge in [0.1, 0.15) is 5.56 Å². The van der Waals surface area contributed by atoms with Gasteiger partial charge in [-0.3, -0.25) is 4.79 Å². The average Bonchev–Trinajstić information content (AvgIpc) is 2.82. The molecule has 0 saturated carbocycles. The fourth-order valence-corrected chi connectivity index (χ4v) is 2.19. The fourth-order valence-electron chi connectivity index (χ4n) is 2.19. The third-order valence-electron chi connectivity index (χ3n) is 4.12. The smallest absolute Gasteiger partial charge is 0.257 e. The first-order chi connectivity index (χ1) is 9.78. The molecular formula is C15H23N5O. The van der Waals surface area contributed by atoms with Crippen molar-refractivity contribution in [1.82, 2.24) is 19.9 Å². The van der Waals surface area contributed by atoms with Crippen LogP contribution in [0.25, 0.3) is 5.65 Å². The molecule has 1 atom stereocenters. The van der Waals surface area contributed by atoms with Crippen LogP contribution in [0, 0.1) is 19.8 Å². The standard InChI is InChI=1S/C15H23N5O/c1-9(2)15(5,8-16)19-14(21)12-7-17-20-11(4)6-10(3)18-13(12)20/h6-7,9H,8,16H2,1-5H3,(H,19,21). The summed E-state index contributed by atoms with van der Waals surface area (Å²) >= 11 is 0. The largest absolute Gasteiger partial charge is 0.345 e. The van der Waals surface area contributed by atoms with E-state index in [2.05, 4.69) is 15.4 Å². The zero-order valence-corrected chi connectivity index (χ0v) is 13.3. The fraction of sp³-hybridized carbons (Fsp3) is 0.533.